The maximum Gasteiger partial charge on any atom is 0.264 e. The second-order valence-electron chi connectivity index (χ2n) is 5.52. The van der Waals surface area contributed by atoms with Crippen molar-refractivity contribution in [3.63, 3.8) is 0 Å². The molecule has 0 atom stereocenters. The van der Waals surface area contributed by atoms with Crippen LogP contribution in [0.25, 0.3) is 17.2 Å². The monoisotopic (exact) mass is 364 g/mol. The van der Waals surface area contributed by atoms with Crippen molar-refractivity contribution in [2.75, 3.05) is 5.32 Å². The largest absolute Gasteiger partial charge is 0.415 e. The zero-order valence-corrected chi connectivity index (χ0v) is 15.2. The molecule has 0 aliphatic rings. The zero-order chi connectivity index (χ0) is 18.5. The maximum atomic E-state index is 9.15. The number of nitriles is 1. The number of nitrogens with one attached hydrogen (secondary N) is 1. The molecule has 1 heterocycles. The van der Waals surface area contributed by atoms with Crippen LogP contribution in [-0.2, 0) is 6.42 Å². The first-order valence-electron chi connectivity index (χ1n) is 8.22. The van der Waals surface area contributed by atoms with Crippen LogP contribution in [0.4, 0.5) is 5.69 Å². The third kappa shape index (κ3) is 3.46. The molecule has 0 bridgehead atoms. The molecule has 0 saturated carbocycles. The topological polar surface area (TPSA) is 74.7 Å². The predicted octanol–water partition coefficient (Wildman–Crippen LogP) is 5.30. The van der Waals surface area contributed by atoms with Gasteiger partial charge in [0, 0.05) is 11.3 Å². The summed E-state index contributed by atoms with van der Waals surface area (Å²) >= 11 is 6.34. The fraction of sp³-hybridized carbons (Fsp3) is 0.150. The van der Waals surface area contributed by atoms with Crippen molar-refractivity contribution < 1.29 is 4.42 Å². The summed E-state index contributed by atoms with van der Waals surface area (Å²) in [6.45, 7) is 3.87. The molecule has 0 fully saturated rings. The number of nitrogens with zero attached hydrogens (tertiary/aromatic N) is 3. The smallest absolute Gasteiger partial charge is 0.264 e. The SMILES string of the molecule is CC=C(Nc1ccc(C#N)c(Cl)c1CC)c1nnc(-c2ccccc2)o1. The van der Waals surface area contributed by atoms with E-state index in [-0.39, 0.29) is 0 Å². The van der Waals surface area contributed by atoms with Crippen molar-refractivity contribution in [1.82, 2.24) is 10.2 Å². The summed E-state index contributed by atoms with van der Waals surface area (Å²) in [5, 5.41) is 21.2. The average molecular weight is 365 g/mol. The minimum atomic E-state index is 0.383. The third-order valence-electron chi connectivity index (χ3n) is 3.95. The molecule has 0 saturated heterocycles. The number of hydrogen-bond donors (Lipinski definition) is 1. The molecule has 26 heavy (non-hydrogen) atoms. The van der Waals surface area contributed by atoms with E-state index < -0.39 is 0 Å². The lowest BCUT2D eigenvalue weighted by atomic mass is 10.1. The summed E-state index contributed by atoms with van der Waals surface area (Å²) in [6.07, 6.45) is 2.54. The number of rotatable bonds is 5. The van der Waals surface area contributed by atoms with Crippen LogP contribution in [0, 0.1) is 11.3 Å². The summed E-state index contributed by atoms with van der Waals surface area (Å²) in [6, 6.07) is 15.2. The van der Waals surface area contributed by atoms with Crippen molar-refractivity contribution in [3.05, 3.63) is 70.6 Å². The number of aromatic nitrogens is 2. The minimum absolute atomic E-state index is 0.383. The van der Waals surface area contributed by atoms with E-state index in [1.807, 2.05) is 56.3 Å². The molecule has 5 nitrogen and oxygen atoms in total. The quantitative estimate of drug-likeness (QED) is 0.665. The van der Waals surface area contributed by atoms with Gasteiger partial charge in [0.1, 0.15) is 6.07 Å². The van der Waals surface area contributed by atoms with E-state index in [0.29, 0.717) is 34.5 Å². The normalized spacial score (nSPS) is 11.2. The molecule has 1 aromatic heterocycles. The molecular formula is C20H17ClN4O. The zero-order valence-electron chi connectivity index (χ0n) is 14.5. The Hall–Kier alpha value is -3.10. The lowest BCUT2D eigenvalue weighted by Crippen LogP contribution is -2.03. The van der Waals surface area contributed by atoms with Gasteiger partial charge in [-0.1, -0.05) is 42.8 Å². The highest BCUT2D eigenvalue weighted by Gasteiger charge is 2.15. The van der Waals surface area contributed by atoms with Gasteiger partial charge in [0.2, 0.25) is 5.89 Å². The highest BCUT2D eigenvalue weighted by Crippen LogP contribution is 2.31. The maximum absolute atomic E-state index is 9.15. The van der Waals surface area contributed by atoms with E-state index in [4.69, 9.17) is 21.3 Å². The fourth-order valence-electron chi connectivity index (χ4n) is 2.59. The van der Waals surface area contributed by atoms with Crippen LogP contribution in [0.1, 0.15) is 30.9 Å². The van der Waals surface area contributed by atoms with E-state index in [2.05, 4.69) is 21.6 Å². The highest BCUT2D eigenvalue weighted by molar-refractivity contribution is 6.33. The molecule has 0 aliphatic heterocycles. The van der Waals surface area contributed by atoms with E-state index >= 15 is 0 Å². The Morgan fingerprint density at radius 3 is 2.65 bits per heavy atom. The van der Waals surface area contributed by atoms with Gasteiger partial charge in [0.05, 0.1) is 16.3 Å². The van der Waals surface area contributed by atoms with Crippen LogP contribution in [0.2, 0.25) is 5.02 Å². The van der Waals surface area contributed by atoms with E-state index in [1.165, 1.54) is 0 Å². The van der Waals surface area contributed by atoms with Crippen LogP contribution in [-0.4, -0.2) is 10.2 Å². The molecule has 0 amide bonds. The lowest BCUT2D eigenvalue weighted by molar-refractivity contribution is 0.553. The van der Waals surface area contributed by atoms with Crippen LogP contribution < -0.4 is 5.32 Å². The van der Waals surface area contributed by atoms with Gasteiger partial charge in [0.25, 0.3) is 5.89 Å². The lowest BCUT2D eigenvalue weighted by Gasteiger charge is -2.14. The molecule has 0 aliphatic carbocycles. The molecule has 0 radical (unpaired) electrons. The number of benzene rings is 2. The van der Waals surface area contributed by atoms with Crippen molar-refractivity contribution >= 4 is 23.0 Å². The Balaban J connectivity index is 1.92. The predicted molar refractivity (Wildman–Crippen MR) is 103 cm³/mol. The summed E-state index contributed by atoms with van der Waals surface area (Å²) < 4.78 is 5.81. The van der Waals surface area contributed by atoms with Crippen molar-refractivity contribution in [3.8, 4) is 17.5 Å². The van der Waals surface area contributed by atoms with Gasteiger partial charge >= 0.3 is 0 Å². The van der Waals surface area contributed by atoms with Gasteiger partial charge in [-0.25, -0.2) is 0 Å². The van der Waals surface area contributed by atoms with E-state index in [0.717, 1.165) is 16.8 Å². The Morgan fingerprint density at radius 2 is 2.00 bits per heavy atom. The van der Waals surface area contributed by atoms with E-state index in [9.17, 15) is 0 Å². The van der Waals surface area contributed by atoms with Crippen LogP contribution in [0.15, 0.2) is 53.0 Å². The molecular weight excluding hydrogens is 348 g/mol. The van der Waals surface area contributed by atoms with Gasteiger partial charge in [-0.3, -0.25) is 0 Å². The second-order valence-corrected chi connectivity index (χ2v) is 5.90. The second kappa shape index (κ2) is 7.85. The molecule has 130 valence electrons. The van der Waals surface area contributed by atoms with Crippen molar-refractivity contribution in [2.45, 2.75) is 20.3 Å². The fourth-order valence-corrected chi connectivity index (χ4v) is 2.93. The van der Waals surface area contributed by atoms with Crippen LogP contribution in [0.5, 0.6) is 0 Å². The summed E-state index contributed by atoms with van der Waals surface area (Å²) in [7, 11) is 0. The van der Waals surface area contributed by atoms with Gasteiger partial charge in [-0.05, 0) is 43.2 Å². The molecule has 0 spiro atoms. The summed E-state index contributed by atoms with van der Waals surface area (Å²) in [5.41, 5.74) is 3.67. The van der Waals surface area contributed by atoms with Gasteiger partial charge < -0.3 is 9.73 Å². The molecule has 0 unspecified atom stereocenters. The van der Waals surface area contributed by atoms with Crippen molar-refractivity contribution in [2.24, 2.45) is 0 Å². The number of halogens is 1. The van der Waals surface area contributed by atoms with Gasteiger partial charge in [0.15, 0.2) is 0 Å². The Morgan fingerprint density at radius 1 is 1.23 bits per heavy atom. The van der Waals surface area contributed by atoms with Crippen LogP contribution >= 0.6 is 11.6 Å². The Labute approximate surface area is 156 Å². The van der Waals surface area contributed by atoms with E-state index in [1.54, 1.807) is 6.07 Å². The van der Waals surface area contributed by atoms with Crippen LogP contribution in [0.3, 0.4) is 0 Å². The summed E-state index contributed by atoms with van der Waals surface area (Å²) in [4.78, 5) is 0. The minimum Gasteiger partial charge on any atom is -0.415 e. The molecule has 6 heteroatoms. The number of hydrogen-bond acceptors (Lipinski definition) is 5. The molecule has 1 N–H and O–H groups in total. The van der Waals surface area contributed by atoms with Crippen molar-refractivity contribution in [1.29, 1.82) is 5.26 Å². The van der Waals surface area contributed by atoms with Gasteiger partial charge in [-0.15, -0.1) is 10.2 Å². The number of allylic oxidation sites excluding steroid dienone is 1. The Bertz CT molecular complexity index is 987. The first-order valence-corrected chi connectivity index (χ1v) is 8.59. The van der Waals surface area contributed by atoms with Gasteiger partial charge in [-0.2, -0.15) is 5.26 Å². The standard InChI is InChI=1S/C20H17ClN4O/c1-3-15-17(11-10-14(12-22)18(15)21)23-16(4-2)20-25-24-19(26-20)13-8-6-5-7-9-13/h4-11,23H,3H2,1-2H3. The Kier molecular flexibility index (Phi) is 5.35. The summed E-state index contributed by atoms with van der Waals surface area (Å²) in [5.74, 6) is 0.837. The molecule has 3 rings (SSSR count). The highest BCUT2D eigenvalue weighted by atomic mass is 35.5. The molecule has 2 aromatic carbocycles. The first kappa shape index (κ1) is 17.7. The molecule has 3 aromatic rings. The first-order chi connectivity index (χ1) is 12.7. The number of anilines is 1. The third-order valence-corrected chi connectivity index (χ3v) is 4.38. The average Bonchev–Trinajstić information content (AvgIpc) is 3.17.